The van der Waals surface area contributed by atoms with Crippen LogP contribution in [0.1, 0.15) is 44.9 Å². The zero-order valence-electron chi connectivity index (χ0n) is 41.0. The van der Waals surface area contributed by atoms with Crippen LogP contribution in [0.2, 0.25) is 0 Å². The van der Waals surface area contributed by atoms with Crippen molar-refractivity contribution in [2.75, 3.05) is 138 Å². The summed E-state index contributed by atoms with van der Waals surface area (Å²) in [5.74, 6) is 3.93. The first kappa shape index (κ1) is 56.6. The number of thioether (sulfide) groups is 2. The highest BCUT2D eigenvalue weighted by Gasteiger charge is 2.14. The van der Waals surface area contributed by atoms with Crippen LogP contribution in [0, 0.1) is 0 Å². The van der Waals surface area contributed by atoms with E-state index in [1.54, 1.807) is 59.9 Å². The molecule has 0 saturated carbocycles. The van der Waals surface area contributed by atoms with Gasteiger partial charge in [0.05, 0.1) is 79.3 Å². The van der Waals surface area contributed by atoms with Crippen molar-refractivity contribution in [2.45, 2.75) is 54.7 Å². The Kier molecular flexibility index (Phi) is 26.3. The third-order valence-electron chi connectivity index (χ3n) is 10.3. The monoisotopic (exact) mass is 1050 g/mol. The summed E-state index contributed by atoms with van der Waals surface area (Å²) in [5.41, 5.74) is 0. The Morgan fingerprint density at radius 3 is 0.986 bits per heavy atom. The van der Waals surface area contributed by atoms with Crippen LogP contribution in [0.25, 0.3) is 0 Å². The summed E-state index contributed by atoms with van der Waals surface area (Å²) in [4.78, 5) is 61.8. The third-order valence-corrected chi connectivity index (χ3v) is 12.4. The van der Waals surface area contributed by atoms with Crippen molar-refractivity contribution < 1.29 is 66.5 Å². The third kappa shape index (κ3) is 23.4. The van der Waals surface area contributed by atoms with Crippen LogP contribution in [-0.4, -0.2) is 151 Å². The molecule has 0 unspecified atom stereocenters. The van der Waals surface area contributed by atoms with Crippen LogP contribution >= 0.6 is 23.5 Å². The lowest BCUT2D eigenvalue weighted by molar-refractivity contribution is -0.118. The second-order valence-electron chi connectivity index (χ2n) is 16.1. The lowest BCUT2D eigenvalue weighted by atomic mass is 10.2. The van der Waals surface area contributed by atoms with Gasteiger partial charge in [0.2, 0.25) is 23.6 Å². The number of ether oxygens (including phenoxy) is 10. The van der Waals surface area contributed by atoms with E-state index in [0.717, 1.165) is 9.79 Å². The zero-order chi connectivity index (χ0) is 51.0. The van der Waals surface area contributed by atoms with Gasteiger partial charge in [0.25, 0.3) is 0 Å². The standard InChI is InChI=1S/C51H66N6O14S2/c58-48(54-44-6-1-8-46(52-44)56-50(60)12-4-34-72-38-14-16-40-42(36-38)70-32-28-66-24-20-62-18-22-64-26-30-68-40)10-3-11-49(59)55-45-7-2-9-47(53-45)57-51(61)13-5-35-73-39-15-17-41-43(37-39)71-33-29-67-25-21-63-19-23-65-27-31-69-41/h1-2,6-9,14-17,36-37H,3-5,10-13,18-35H2,(H2,52,54,56,58,60)(H2,53,55,57,59,61). The summed E-state index contributed by atoms with van der Waals surface area (Å²) in [7, 11) is 0. The van der Waals surface area contributed by atoms with E-state index >= 15 is 0 Å². The lowest BCUT2D eigenvalue weighted by Crippen LogP contribution is -2.17. The topological polar surface area (TPSA) is 234 Å². The van der Waals surface area contributed by atoms with Gasteiger partial charge in [-0.05, 0) is 91.4 Å². The molecule has 4 heterocycles. The first-order chi connectivity index (χ1) is 35.9. The first-order valence-corrected chi connectivity index (χ1v) is 26.5. The Hall–Kier alpha value is -5.72. The molecule has 2 aliphatic rings. The van der Waals surface area contributed by atoms with Gasteiger partial charge in [0, 0.05) is 35.5 Å². The van der Waals surface area contributed by atoms with Crippen molar-refractivity contribution in [3.63, 3.8) is 0 Å². The normalized spacial score (nSPS) is 15.5. The molecule has 4 aromatic rings. The number of carbonyl (C=O) groups excluding carboxylic acids is 4. The Balaban J connectivity index is 0.834. The molecule has 0 spiro atoms. The van der Waals surface area contributed by atoms with Crippen LogP contribution in [0.15, 0.2) is 82.6 Å². The van der Waals surface area contributed by atoms with Crippen molar-refractivity contribution >= 4 is 70.4 Å². The summed E-state index contributed by atoms with van der Waals surface area (Å²) >= 11 is 3.21. The van der Waals surface area contributed by atoms with Gasteiger partial charge in [-0.3, -0.25) is 19.2 Å². The number of hydrogen-bond donors (Lipinski definition) is 4. The molecule has 2 aromatic heterocycles. The Morgan fingerprint density at radius 1 is 0.370 bits per heavy atom. The molecule has 4 amide bonds. The largest absolute Gasteiger partial charge is 0.487 e. The van der Waals surface area contributed by atoms with Crippen LogP contribution in [0.3, 0.4) is 0 Å². The van der Waals surface area contributed by atoms with Gasteiger partial charge in [-0.1, -0.05) is 12.1 Å². The Bertz CT molecular complexity index is 2160. The molecule has 2 aromatic carbocycles. The van der Waals surface area contributed by atoms with Crippen LogP contribution < -0.4 is 40.2 Å². The number of amides is 4. The molecule has 2 aliphatic heterocycles. The summed E-state index contributed by atoms with van der Waals surface area (Å²) in [6.07, 6.45) is 2.14. The van der Waals surface area contributed by atoms with Gasteiger partial charge in [0.15, 0.2) is 23.0 Å². The Morgan fingerprint density at radius 2 is 0.658 bits per heavy atom. The Labute approximate surface area is 434 Å². The number of nitrogens with zero attached hydrogens (tertiary/aromatic N) is 2. The summed E-state index contributed by atoms with van der Waals surface area (Å²) < 4.78 is 56.9. The van der Waals surface area contributed by atoms with E-state index in [4.69, 9.17) is 47.4 Å². The molecule has 20 nitrogen and oxygen atoms in total. The number of hydrogen-bond acceptors (Lipinski definition) is 18. The molecule has 0 atom stereocenters. The molecule has 396 valence electrons. The van der Waals surface area contributed by atoms with Gasteiger partial charge in [-0.25, -0.2) is 9.97 Å². The number of anilines is 4. The van der Waals surface area contributed by atoms with E-state index in [2.05, 4.69) is 31.2 Å². The summed E-state index contributed by atoms with van der Waals surface area (Å²) in [6.45, 7) is 7.09. The van der Waals surface area contributed by atoms with Crippen LogP contribution in [-0.2, 0) is 47.6 Å². The first-order valence-electron chi connectivity index (χ1n) is 24.5. The molecule has 0 fully saturated rings. The van der Waals surface area contributed by atoms with Gasteiger partial charge < -0.3 is 68.6 Å². The molecule has 0 aliphatic carbocycles. The average molecular weight is 1050 g/mol. The van der Waals surface area contributed by atoms with E-state index in [-0.39, 0.29) is 67.4 Å². The molecule has 22 heteroatoms. The molecule has 0 saturated heterocycles. The fourth-order valence-electron chi connectivity index (χ4n) is 6.77. The van der Waals surface area contributed by atoms with E-state index in [1.807, 2.05) is 36.4 Å². The number of nitrogens with one attached hydrogen (secondary N) is 4. The number of pyridine rings is 2. The minimum Gasteiger partial charge on any atom is -0.487 e. The molecule has 0 bridgehead atoms. The minimum absolute atomic E-state index is 0.0597. The molecule has 6 rings (SSSR count). The van der Waals surface area contributed by atoms with Crippen LogP contribution in [0.5, 0.6) is 23.0 Å². The zero-order valence-corrected chi connectivity index (χ0v) is 42.7. The van der Waals surface area contributed by atoms with Crippen molar-refractivity contribution in [3.8, 4) is 23.0 Å². The second-order valence-corrected chi connectivity index (χ2v) is 18.4. The van der Waals surface area contributed by atoms with E-state index in [1.165, 1.54) is 0 Å². The number of carbonyl (C=O) groups is 4. The maximum absolute atomic E-state index is 12.8. The predicted octanol–water partition coefficient (Wildman–Crippen LogP) is 6.89. The minimum atomic E-state index is -0.333. The predicted molar refractivity (Wildman–Crippen MR) is 277 cm³/mol. The van der Waals surface area contributed by atoms with Crippen molar-refractivity contribution in [2.24, 2.45) is 0 Å². The van der Waals surface area contributed by atoms with E-state index < -0.39 is 0 Å². The number of aromatic nitrogens is 2. The van der Waals surface area contributed by atoms with Gasteiger partial charge in [0.1, 0.15) is 49.7 Å². The van der Waals surface area contributed by atoms with Gasteiger partial charge in [-0.15, -0.1) is 23.5 Å². The number of rotatable bonds is 18. The smallest absolute Gasteiger partial charge is 0.225 e. The molecule has 73 heavy (non-hydrogen) atoms. The van der Waals surface area contributed by atoms with Crippen molar-refractivity contribution in [1.82, 2.24) is 9.97 Å². The van der Waals surface area contributed by atoms with Crippen molar-refractivity contribution in [1.29, 1.82) is 0 Å². The molecular weight excluding hydrogens is 985 g/mol. The average Bonchev–Trinajstić information content (AvgIpc) is 3.39. The number of benzene rings is 2. The quantitative estimate of drug-likeness (QED) is 0.0587. The second kappa shape index (κ2) is 33.9. The maximum atomic E-state index is 12.8. The molecular formula is C51H66N6O14S2. The highest BCUT2D eigenvalue weighted by Crippen LogP contribution is 2.34. The number of fused-ring (bicyclic) bond motifs is 2. The fraction of sp³-hybridized carbons (Fsp3) is 0.490. The molecule has 0 radical (unpaired) electrons. The van der Waals surface area contributed by atoms with Crippen molar-refractivity contribution in [3.05, 3.63) is 72.8 Å². The van der Waals surface area contributed by atoms with E-state index in [0.29, 0.717) is 165 Å². The highest BCUT2D eigenvalue weighted by molar-refractivity contribution is 7.99. The van der Waals surface area contributed by atoms with Crippen LogP contribution in [0.4, 0.5) is 23.3 Å². The van der Waals surface area contributed by atoms with Gasteiger partial charge in [-0.2, -0.15) is 0 Å². The summed E-state index contributed by atoms with van der Waals surface area (Å²) in [5, 5.41) is 11.1. The maximum Gasteiger partial charge on any atom is 0.225 e. The fourth-order valence-corrected chi connectivity index (χ4v) is 8.53. The SMILES string of the molecule is O=C(CCCSc1ccc2c(c1)OCCOCCOCCOCCO2)Nc1cccc(NC(=O)CCCC(=O)Nc2cccc(NC(=O)CCCSc3ccc4c(c3)OCCOCCOCCOCCO4)n2)n1. The highest BCUT2D eigenvalue weighted by atomic mass is 32.2. The van der Waals surface area contributed by atoms with Gasteiger partial charge >= 0.3 is 0 Å². The lowest BCUT2D eigenvalue weighted by Gasteiger charge is -2.14. The summed E-state index contributed by atoms with van der Waals surface area (Å²) in [6, 6.07) is 21.4. The van der Waals surface area contributed by atoms with E-state index in [9.17, 15) is 19.2 Å². The molecule has 4 N–H and O–H groups in total.